The van der Waals surface area contributed by atoms with Gasteiger partial charge in [-0.3, -0.25) is 4.79 Å². The standard InChI is InChI=1S/C31H46O4Si/c1-9-10-13-21(2)22(3)18-19-24-26(35-36(7,8)31(4,5)6)20-27-29(24)25-16-11-14-23(30(25)34-27)15-12-17-28(32)33/h11,14,16,18-19,21-22,24,26-27,29H,12-13,15,17,20H2,1-8H3,(H,32,33)/b19-18+/t21-,22+,24-,26+,27-,29-/m0/s1. The number of rotatable bonds is 10. The summed E-state index contributed by atoms with van der Waals surface area (Å²) in [6, 6.07) is 6.41. The number of hydrogen-bond donors (Lipinski definition) is 1. The molecule has 0 radical (unpaired) electrons. The molecule has 1 saturated carbocycles. The average Bonchev–Trinajstić information content (AvgIpc) is 3.30. The molecule has 0 bridgehead atoms. The summed E-state index contributed by atoms with van der Waals surface area (Å²) >= 11 is 0. The van der Waals surface area contributed by atoms with Crippen LogP contribution in [0.2, 0.25) is 18.1 Å². The van der Waals surface area contributed by atoms with Crippen LogP contribution in [0.25, 0.3) is 0 Å². The first-order valence-electron chi connectivity index (χ1n) is 13.6. The first kappa shape index (κ1) is 28.5. The zero-order chi connectivity index (χ0) is 26.7. The van der Waals surface area contributed by atoms with Gasteiger partial charge in [-0.25, -0.2) is 0 Å². The zero-order valence-corrected chi connectivity index (χ0v) is 24.6. The number of hydrogen-bond acceptors (Lipinski definition) is 3. The number of fused-ring (bicyclic) bond motifs is 3. The molecule has 2 aliphatic rings. The first-order valence-corrected chi connectivity index (χ1v) is 16.5. The third-order valence-corrected chi connectivity index (χ3v) is 13.2. The van der Waals surface area contributed by atoms with E-state index in [1.54, 1.807) is 0 Å². The second-order valence-corrected chi connectivity index (χ2v) is 17.1. The number of carbonyl (C=O) groups is 1. The van der Waals surface area contributed by atoms with Crippen LogP contribution in [0.5, 0.6) is 5.75 Å². The quantitative estimate of drug-likeness (QED) is 0.200. The van der Waals surface area contributed by atoms with Gasteiger partial charge in [0.1, 0.15) is 11.9 Å². The van der Waals surface area contributed by atoms with E-state index in [2.05, 4.69) is 89.9 Å². The minimum Gasteiger partial charge on any atom is -0.489 e. The van der Waals surface area contributed by atoms with Crippen LogP contribution in [-0.2, 0) is 15.6 Å². The van der Waals surface area contributed by atoms with E-state index in [-0.39, 0.29) is 35.5 Å². The van der Waals surface area contributed by atoms with Gasteiger partial charge in [-0.1, -0.05) is 65.0 Å². The van der Waals surface area contributed by atoms with E-state index in [0.29, 0.717) is 18.3 Å². The molecule has 0 aromatic heterocycles. The van der Waals surface area contributed by atoms with E-state index in [9.17, 15) is 4.79 Å². The van der Waals surface area contributed by atoms with Crippen LogP contribution in [0, 0.1) is 29.6 Å². The summed E-state index contributed by atoms with van der Waals surface area (Å²) in [7, 11) is -1.95. The SMILES string of the molecule is CC#CC[C@H](C)[C@H](C)/C=C/[C@@H]1[C@H]2c3cccc(CCCC(=O)O)c3O[C@H]2C[C@H]1O[Si](C)(C)C(C)(C)C. The number of carboxylic acids is 1. The Morgan fingerprint density at radius 2 is 2.03 bits per heavy atom. The van der Waals surface area contributed by atoms with E-state index in [1.165, 1.54) is 5.56 Å². The number of para-hydroxylation sites is 1. The average molecular weight is 511 g/mol. The van der Waals surface area contributed by atoms with Crippen molar-refractivity contribution in [3.05, 3.63) is 41.5 Å². The van der Waals surface area contributed by atoms with Gasteiger partial charge in [0.15, 0.2) is 8.32 Å². The van der Waals surface area contributed by atoms with Crippen molar-refractivity contribution in [3.63, 3.8) is 0 Å². The van der Waals surface area contributed by atoms with Gasteiger partial charge in [-0.2, -0.15) is 0 Å². The Balaban J connectivity index is 1.90. The summed E-state index contributed by atoms with van der Waals surface area (Å²) < 4.78 is 13.6. The highest BCUT2D eigenvalue weighted by Crippen LogP contribution is 2.54. The summed E-state index contributed by atoms with van der Waals surface area (Å²) in [5.41, 5.74) is 2.40. The van der Waals surface area contributed by atoms with Gasteiger partial charge in [0, 0.05) is 36.7 Å². The van der Waals surface area contributed by atoms with Crippen molar-refractivity contribution in [2.75, 3.05) is 0 Å². The molecule has 198 valence electrons. The fraction of sp³-hybridized carbons (Fsp3) is 0.645. The molecule has 1 aromatic rings. The molecule has 4 nitrogen and oxygen atoms in total. The predicted octanol–water partition coefficient (Wildman–Crippen LogP) is 7.59. The molecule has 36 heavy (non-hydrogen) atoms. The molecule has 1 aliphatic heterocycles. The third kappa shape index (κ3) is 6.44. The summed E-state index contributed by atoms with van der Waals surface area (Å²) in [5, 5.41) is 9.21. The number of ether oxygens (including phenoxy) is 1. The summed E-state index contributed by atoms with van der Waals surface area (Å²) in [4.78, 5) is 11.0. The highest BCUT2D eigenvalue weighted by atomic mass is 28.4. The van der Waals surface area contributed by atoms with Gasteiger partial charge in [0.25, 0.3) is 0 Å². The maximum absolute atomic E-state index is 11.0. The van der Waals surface area contributed by atoms with Gasteiger partial charge in [0.05, 0.1) is 6.10 Å². The highest BCUT2D eigenvalue weighted by Gasteiger charge is 2.52. The molecule has 0 amide bonds. The molecular weight excluding hydrogens is 464 g/mol. The number of aryl methyl sites for hydroxylation is 1. The second kappa shape index (κ2) is 11.6. The topological polar surface area (TPSA) is 55.8 Å². The molecule has 1 aromatic carbocycles. The van der Waals surface area contributed by atoms with Gasteiger partial charge in [-0.05, 0) is 55.3 Å². The number of aliphatic carboxylic acids is 1. The number of allylic oxidation sites excluding steroid dienone is 1. The Morgan fingerprint density at radius 3 is 2.67 bits per heavy atom. The van der Waals surface area contributed by atoms with Crippen LogP contribution in [-0.4, -0.2) is 31.6 Å². The maximum Gasteiger partial charge on any atom is 0.303 e. The Hall–Kier alpha value is -2.03. The monoisotopic (exact) mass is 510 g/mol. The van der Waals surface area contributed by atoms with Crippen LogP contribution in [0.3, 0.4) is 0 Å². The molecule has 1 N–H and O–H groups in total. The summed E-state index contributed by atoms with van der Waals surface area (Å²) in [5.74, 6) is 7.96. The lowest BCUT2D eigenvalue weighted by Crippen LogP contribution is -2.45. The Bertz CT molecular complexity index is 1010. The van der Waals surface area contributed by atoms with E-state index in [4.69, 9.17) is 14.3 Å². The molecule has 1 aliphatic carbocycles. The van der Waals surface area contributed by atoms with Crippen molar-refractivity contribution in [1.82, 2.24) is 0 Å². The summed E-state index contributed by atoms with van der Waals surface area (Å²) in [6.07, 6.45) is 8.37. The van der Waals surface area contributed by atoms with Crippen molar-refractivity contribution >= 4 is 14.3 Å². The van der Waals surface area contributed by atoms with E-state index < -0.39 is 14.3 Å². The molecule has 0 spiro atoms. The second-order valence-electron chi connectivity index (χ2n) is 12.3. The highest BCUT2D eigenvalue weighted by molar-refractivity contribution is 6.74. The van der Waals surface area contributed by atoms with Crippen LogP contribution in [0.1, 0.15) is 84.3 Å². The van der Waals surface area contributed by atoms with Gasteiger partial charge in [0.2, 0.25) is 0 Å². The van der Waals surface area contributed by atoms with Crippen LogP contribution < -0.4 is 4.74 Å². The molecule has 6 atom stereocenters. The largest absolute Gasteiger partial charge is 0.489 e. The smallest absolute Gasteiger partial charge is 0.303 e. The van der Waals surface area contributed by atoms with E-state index in [1.807, 2.05) is 6.92 Å². The van der Waals surface area contributed by atoms with E-state index >= 15 is 0 Å². The van der Waals surface area contributed by atoms with Crippen LogP contribution >= 0.6 is 0 Å². The normalized spacial score (nSPS) is 25.0. The molecule has 5 heteroatoms. The summed E-state index contributed by atoms with van der Waals surface area (Å²) in [6.45, 7) is 18.0. The van der Waals surface area contributed by atoms with Crippen molar-refractivity contribution in [2.45, 2.75) is 110 Å². The van der Waals surface area contributed by atoms with Crippen LogP contribution in [0.15, 0.2) is 30.4 Å². The Labute approximate surface area is 220 Å². The lowest BCUT2D eigenvalue weighted by atomic mass is 9.85. The van der Waals surface area contributed by atoms with Crippen LogP contribution in [0.4, 0.5) is 0 Å². The minimum atomic E-state index is -1.95. The molecule has 0 saturated heterocycles. The fourth-order valence-electron chi connectivity index (χ4n) is 5.20. The number of benzene rings is 1. The minimum absolute atomic E-state index is 0.101. The van der Waals surface area contributed by atoms with Gasteiger partial charge < -0.3 is 14.3 Å². The van der Waals surface area contributed by atoms with Crippen molar-refractivity contribution in [3.8, 4) is 17.6 Å². The van der Waals surface area contributed by atoms with Crippen molar-refractivity contribution in [2.24, 2.45) is 17.8 Å². The molecule has 0 unspecified atom stereocenters. The zero-order valence-electron chi connectivity index (χ0n) is 23.6. The first-order chi connectivity index (χ1) is 16.9. The molecule has 1 fully saturated rings. The van der Waals surface area contributed by atoms with E-state index in [0.717, 1.165) is 30.6 Å². The molecule has 1 heterocycles. The third-order valence-electron chi connectivity index (χ3n) is 8.69. The van der Waals surface area contributed by atoms with Gasteiger partial charge >= 0.3 is 5.97 Å². The Kier molecular flexibility index (Phi) is 9.17. The van der Waals surface area contributed by atoms with Gasteiger partial charge in [-0.15, -0.1) is 11.8 Å². The fourth-order valence-corrected chi connectivity index (χ4v) is 6.56. The number of carboxylic acid groups (broad SMARTS) is 1. The molecular formula is C31H46O4Si. The van der Waals surface area contributed by atoms with Crippen molar-refractivity contribution < 1.29 is 19.1 Å². The lowest BCUT2D eigenvalue weighted by Gasteiger charge is -2.40. The Morgan fingerprint density at radius 1 is 1.31 bits per heavy atom. The maximum atomic E-state index is 11.0. The predicted molar refractivity (Wildman–Crippen MR) is 150 cm³/mol. The van der Waals surface area contributed by atoms with Crippen molar-refractivity contribution in [1.29, 1.82) is 0 Å². The molecule has 3 rings (SSSR count). The lowest BCUT2D eigenvalue weighted by molar-refractivity contribution is -0.137.